The maximum Gasteiger partial charge on any atom is 0.152 e. The first-order chi connectivity index (χ1) is 8.99. The molecule has 0 unspecified atom stereocenters. The molecule has 2 nitrogen and oxygen atoms in total. The normalized spacial score (nSPS) is 10.5. The molecule has 0 saturated heterocycles. The zero-order valence-corrected chi connectivity index (χ0v) is 10.3. The molecular weight excluding hydrogens is 279 g/mol. The average molecular weight is 288 g/mol. The van der Waals surface area contributed by atoms with Crippen molar-refractivity contribution in [3.63, 3.8) is 0 Å². The van der Waals surface area contributed by atoms with Crippen LogP contribution >= 0.6 is 11.6 Å². The molecule has 2 aromatic carbocycles. The van der Waals surface area contributed by atoms with Crippen molar-refractivity contribution in [1.82, 2.24) is 0 Å². The predicted octanol–water partition coefficient (Wildman–Crippen LogP) is 4.08. The van der Waals surface area contributed by atoms with Gasteiger partial charge in [-0.3, -0.25) is 0 Å². The number of nitrogens with one attached hydrogen (secondary N) is 1. The van der Waals surface area contributed by atoms with Crippen LogP contribution in [0.25, 0.3) is 0 Å². The molecule has 0 aliphatic rings. The fourth-order valence-corrected chi connectivity index (χ4v) is 1.85. The van der Waals surface area contributed by atoms with Gasteiger partial charge in [0.05, 0.1) is 0 Å². The van der Waals surface area contributed by atoms with Gasteiger partial charge < -0.3 is 10.4 Å². The van der Waals surface area contributed by atoms with Crippen LogP contribution in [-0.2, 0) is 6.54 Å². The van der Waals surface area contributed by atoms with Crippen LogP contribution in [0.5, 0.6) is 5.75 Å². The Kier molecular flexibility index (Phi) is 3.85. The molecule has 2 N–H and O–H groups in total. The SMILES string of the molecule is Oc1cccc(Cl)c1CNc1c(F)cc(F)cc1F. The second-order valence-corrected chi connectivity index (χ2v) is 4.24. The highest BCUT2D eigenvalue weighted by Gasteiger charge is 2.13. The lowest BCUT2D eigenvalue weighted by atomic mass is 10.2. The zero-order valence-electron chi connectivity index (χ0n) is 9.55. The summed E-state index contributed by atoms with van der Waals surface area (Å²) in [6, 6.07) is 5.62. The number of halogens is 4. The molecule has 0 aliphatic carbocycles. The summed E-state index contributed by atoms with van der Waals surface area (Å²) in [7, 11) is 0. The van der Waals surface area contributed by atoms with Gasteiger partial charge >= 0.3 is 0 Å². The summed E-state index contributed by atoms with van der Waals surface area (Å²) < 4.78 is 39.5. The van der Waals surface area contributed by atoms with Gasteiger partial charge in [0.25, 0.3) is 0 Å². The van der Waals surface area contributed by atoms with Gasteiger partial charge in [0, 0.05) is 29.3 Å². The number of anilines is 1. The molecule has 6 heteroatoms. The second-order valence-electron chi connectivity index (χ2n) is 3.84. The molecule has 0 bridgehead atoms. The van der Waals surface area contributed by atoms with Crippen LogP contribution in [0.4, 0.5) is 18.9 Å². The number of phenols is 1. The summed E-state index contributed by atoms with van der Waals surface area (Å²) in [4.78, 5) is 0. The molecule has 2 aromatic rings. The molecule has 0 radical (unpaired) electrons. The van der Waals surface area contributed by atoms with Crippen molar-refractivity contribution >= 4 is 17.3 Å². The van der Waals surface area contributed by atoms with Gasteiger partial charge in [-0.15, -0.1) is 0 Å². The lowest BCUT2D eigenvalue weighted by Gasteiger charge is -2.11. The molecule has 0 saturated carbocycles. The van der Waals surface area contributed by atoms with E-state index >= 15 is 0 Å². The van der Waals surface area contributed by atoms with Crippen LogP contribution in [0.2, 0.25) is 5.02 Å². The number of phenolic OH excluding ortho intramolecular Hbond substituents is 1. The Morgan fingerprint density at radius 3 is 2.32 bits per heavy atom. The van der Waals surface area contributed by atoms with Crippen molar-refractivity contribution in [2.75, 3.05) is 5.32 Å². The highest BCUT2D eigenvalue weighted by molar-refractivity contribution is 6.31. The number of hydrogen-bond acceptors (Lipinski definition) is 2. The predicted molar refractivity (Wildman–Crippen MR) is 66.8 cm³/mol. The Labute approximate surface area is 112 Å². The number of hydrogen-bond donors (Lipinski definition) is 2. The van der Waals surface area contributed by atoms with Gasteiger partial charge in [-0.2, -0.15) is 0 Å². The van der Waals surface area contributed by atoms with Gasteiger partial charge in [-0.1, -0.05) is 17.7 Å². The Balaban J connectivity index is 2.24. The van der Waals surface area contributed by atoms with E-state index in [0.717, 1.165) is 0 Å². The maximum atomic E-state index is 13.4. The summed E-state index contributed by atoms with van der Waals surface area (Å²) >= 11 is 5.85. The monoisotopic (exact) mass is 287 g/mol. The Morgan fingerprint density at radius 1 is 1.11 bits per heavy atom. The Bertz CT molecular complexity index is 576. The molecule has 0 aromatic heterocycles. The van der Waals surface area contributed by atoms with E-state index in [9.17, 15) is 18.3 Å². The summed E-state index contributed by atoms with van der Waals surface area (Å²) in [5.41, 5.74) is -0.173. The first-order valence-corrected chi connectivity index (χ1v) is 5.71. The van der Waals surface area contributed by atoms with Gasteiger partial charge in [0.1, 0.15) is 17.3 Å². The first kappa shape index (κ1) is 13.5. The van der Waals surface area contributed by atoms with Crippen molar-refractivity contribution in [3.05, 3.63) is 58.4 Å². The fourth-order valence-electron chi connectivity index (χ4n) is 1.61. The van der Waals surface area contributed by atoms with E-state index in [4.69, 9.17) is 11.6 Å². The summed E-state index contributed by atoms with van der Waals surface area (Å²) in [5.74, 6) is -3.20. The minimum atomic E-state index is -1.05. The van der Waals surface area contributed by atoms with Crippen LogP contribution in [0.3, 0.4) is 0 Å². The molecule has 0 amide bonds. The smallest absolute Gasteiger partial charge is 0.152 e. The highest BCUT2D eigenvalue weighted by Crippen LogP contribution is 2.27. The van der Waals surface area contributed by atoms with E-state index in [1.807, 2.05) is 0 Å². The molecule has 0 heterocycles. The average Bonchev–Trinajstić information content (AvgIpc) is 2.31. The van der Waals surface area contributed by atoms with Crippen LogP contribution in [-0.4, -0.2) is 5.11 Å². The topological polar surface area (TPSA) is 32.3 Å². The maximum absolute atomic E-state index is 13.4. The lowest BCUT2D eigenvalue weighted by Crippen LogP contribution is -2.05. The third kappa shape index (κ3) is 2.93. The summed E-state index contributed by atoms with van der Waals surface area (Å²) in [6.45, 7) is -0.0923. The van der Waals surface area contributed by atoms with Crippen molar-refractivity contribution in [2.24, 2.45) is 0 Å². The summed E-state index contributed by atoms with van der Waals surface area (Å²) in [5, 5.41) is 12.3. The van der Waals surface area contributed by atoms with E-state index in [2.05, 4.69) is 5.32 Å². The zero-order chi connectivity index (χ0) is 14.0. The van der Waals surface area contributed by atoms with Crippen molar-refractivity contribution < 1.29 is 18.3 Å². The van der Waals surface area contributed by atoms with Gasteiger partial charge in [-0.05, 0) is 12.1 Å². The number of rotatable bonds is 3. The fraction of sp³-hybridized carbons (Fsp3) is 0.0769. The van der Waals surface area contributed by atoms with Crippen LogP contribution in [0, 0.1) is 17.5 Å². The molecule has 0 atom stereocenters. The van der Waals surface area contributed by atoms with E-state index < -0.39 is 23.1 Å². The molecular formula is C13H9ClF3NO. The van der Waals surface area contributed by atoms with E-state index in [-0.39, 0.29) is 17.3 Å². The van der Waals surface area contributed by atoms with Crippen molar-refractivity contribution in [1.29, 1.82) is 0 Å². The number of benzene rings is 2. The summed E-state index contributed by atoms with van der Waals surface area (Å²) in [6.07, 6.45) is 0. The molecule has 0 fully saturated rings. The molecule has 0 aliphatic heterocycles. The van der Waals surface area contributed by atoms with Gasteiger partial charge in [-0.25, -0.2) is 13.2 Å². The van der Waals surface area contributed by atoms with Crippen LogP contribution in [0.15, 0.2) is 30.3 Å². The standard InChI is InChI=1S/C13H9ClF3NO/c14-9-2-1-3-12(19)8(9)6-18-13-10(16)4-7(15)5-11(13)17/h1-5,18-19H,6H2. The van der Waals surface area contributed by atoms with Gasteiger partial charge in [0.15, 0.2) is 11.6 Å². The number of aromatic hydroxyl groups is 1. The third-order valence-electron chi connectivity index (χ3n) is 2.54. The molecule has 2 rings (SSSR count). The lowest BCUT2D eigenvalue weighted by molar-refractivity contribution is 0.469. The molecule has 0 spiro atoms. The molecule has 19 heavy (non-hydrogen) atoms. The quantitative estimate of drug-likeness (QED) is 0.892. The van der Waals surface area contributed by atoms with E-state index in [1.165, 1.54) is 12.1 Å². The van der Waals surface area contributed by atoms with Gasteiger partial charge in [0.2, 0.25) is 0 Å². The minimum absolute atomic E-state index is 0.0923. The van der Waals surface area contributed by atoms with Crippen LogP contribution in [0.1, 0.15) is 5.56 Å². The largest absolute Gasteiger partial charge is 0.508 e. The molecule has 100 valence electrons. The highest BCUT2D eigenvalue weighted by atomic mass is 35.5. The second kappa shape index (κ2) is 5.40. The van der Waals surface area contributed by atoms with E-state index in [1.54, 1.807) is 6.07 Å². The van der Waals surface area contributed by atoms with Crippen LogP contribution < -0.4 is 5.32 Å². The van der Waals surface area contributed by atoms with E-state index in [0.29, 0.717) is 17.7 Å². The third-order valence-corrected chi connectivity index (χ3v) is 2.90. The van der Waals surface area contributed by atoms with Crippen molar-refractivity contribution in [3.8, 4) is 5.75 Å². The van der Waals surface area contributed by atoms with Crippen molar-refractivity contribution in [2.45, 2.75) is 6.54 Å². The Morgan fingerprint density at radius 2 is 1.74 bits per heavy atom. The first-order valence-electron chi connectivity index (χ1n) is 5.34. The Hall–Kier alpha value is -1.88. The minimum Gasteiger partial charge on any atom is -0.508 e.